The van der Waals surface area contributed by atoms with Crippen LogP contribution >= 0.6 is 11.6 Å². The van der Waals surface area contributed by atoms with Crippen molar-refractivity contribution in [1.82, 2.24) is 4.98 Å². The number of para-hydroxylation sites is 2. The van der Waals surface area contributed by atoms with E-state index in [1.54, 1.807) is 24.3 Å². The minimum Gasteiger partial charge on any atom is -0.322 e. The van der Waals surface area contributed by atoms with E-state index in [9.17, 15) is 9.59 Å². The Morgan fingerprint density at radius 1 is 0.857 bits per heavy atom. The highest BCUT2D eigenvalue weighted by molar-refractivity contribution is 6.33. The second-order valence-electron chi connectivity index (χ2n) is 6.59. The normalized spacial score (nSPS) is 10.6. The number of halogens is 1. The lowest BCUT2D eigenvalue weighted by atomic mass is 10.0. The van der Waals surface area contributed by atoms with E-state index >= 15 is 0 Å². The zero-order valence-electron chi connectivity index (χ0n) is 15.6. The Bertz CT molecular complexity index is 1020. The van der Waals surface area contributed by atoms with Gasteiger partial charge < -0.3 is 10.6 Å². The summed E-state index contributed by atoms with van der Waals surface area (Å²) in [6.45, 7) is 4.12. The first-order chi connectivity index (χ1) is 13.5. The molecule has 0 bridgehead atoms. The van der Waals surface area contributed by atoms with Crippen molar-refractivity contribution in [2.24, 2.45) is 0 Å². The summed E-state index contributed by atoms with van der Waals surface area (Å²) in [6, 6.07) is 16.1. The maximum Gasteiger partial charge on any atom is 0.257 e. The van der Waals surface area contributed by atoms with Gasteiger partial charge in [0, 0.05) is 18.1 Å². The van der Waals surface area contributed by atoms with Crippen LogP contribution in [0, 0.1) is 0 Å². The van der Waals surface area contributed by atoms with E-state index in [2.05, 4.69) is 29.5 Å². The van der Waals surface area contributed by atoms with Crippen LogP contribution in [0.1, 0.15) is 46.0 Å². The van der Waals surface area contributed by atoms with Crippen LogP contribution in [-0.2, 0) is 0 Å². The quantitative estimate of drug-likeness (QED) is 0.612. The molecule has 142 valence electrons. The summed E-state index contributed by atoms with van der Waals surface area (Å²) in [5.74, 6) is -0.451. The molecule has 2 aromatic carbocycles. The minimum atomic E-state index is -0.391. The number of carbonyl (C=O) groups is 2. The Morgan fingerprint density at radius 2 is 1.39 bits per heavy atom. The molecule has 2 amide bonds. The smallest absolute Gasteiger partial charge is 0.257 e. The van der Waals surface area contributed by atoms with Gasteiger partial charge in [0.2, 0.25) is 0 Å². The van der Waals surface area contributed by atoms with Crippen LogP contribution in [0.15, 0.2) is 67.0 Å². The first kappa shape index (κ1) is 19.6. The molecule has 3 aromatic rings. The highest BCUT2D eigenvalue weighted by Crippen LogP contribution is 2.24. The molecule has 5 nitrogen and oxygen atoms in total. The van der Waals surface area contributed by atoms with Gasteiger partial charge in [-0.15, -0.1) is 0 Å². The monoisotopic (exact) mass is 393 g/mol. The molecule has 0 unspecified atom stereocenters. The fourth-order valence-electron chi connectivity index (χ4n) is 2.75. The zero-order valence-corrected chi connectivity index (χ0v) is 16.3. The molecule has 6 heteroatoms. The van der Waals surface area contributed by atoms with Crippen LogP contribution in [0.3, 0.4) is 0 Å². The fourth-order valence-corrected chi connectivity index (χ4v) is 2.94. The number of amides is 2. The van der Waals surface area contributed by atoms with E-state index in [4.69, 9.17) is 11.6 Å². The van der Waals surface area contributed by atoms with Crippen molar-refractivity contribution in [3.63, 3.8) is 0 Å². The number of hydrogen-bond donors (Lipinski definition) is 2. The van der Waals surface area contributed by atoms with Gasteiger partial charge in [-0.1, -0.05) is 55.8 Å². The summed E-state index contributed by atoms with van der Waals surface area (Å²) in [6.07, 6.45) is 2.84. The summed E-state index contributed by atoms with van der Waals surface area (Å²) in [5.41, 5.74) is 2.84. The number of hydrogen-bond acceptors (Lipinski definition) is 3. The van der Waals surface area contributed by atoms with Gasteiger partial charge >= 0.3 is 0 Å². The van der Waals surface area contributed by atoms with E-state index < -0.39 is 5.91 Å². The average Bonchev–Trinajstić information content (AvgIpc) is 2.70. The Balaban J connectivity index is 1.78. The van der Waals surface area contributed by atoms with E-state index in [0.717, 1.165) is 11.3 Å². The molecule has 0 aliphatic rings. The Morgan fingerprint density at radius 3 is 2.00 bits per heavy atom. The number of benzene rings is 2. The Hall–Kier alpha value is -3.18. The van der Waals surface area contributed by atoms with E-state index in [1.165, 1.54) is 18.5 Å². The number of carbonyl (C=O) groups excluding carboxylic acids is 2. The molecule has 0 saturated carbocycles. The third kappa shape index (κ3) is 4.56. The maximum atomic E-state index is 12.7. The number of anilines is 2. The van der Waals surface area contributed by atoms with E-state index in [-0.39, 0.29) is 17.4 Å². The van der Waals surface area contributed by atoms with Crippen LogP contribution < -0.4 is 10.6 Å². The van der Waals surface area contributed by atoms with Crippen LogP contribution in [0.2, 0.25) is 5.02 Å². The van der Waals surface area contributed by atoms with Crippen molar-refractivity contribution >= 4 is 34.8 Å². The first-order valence-electron chi connectivity index (χ1n) is 8.87. The standard InChI is InChI=1S/C22H20ClN3O2/c1-14(2)17-7-3-5-9-19(17)25-21(27)15-11-16(13-24-12-15)22(28)26-20-10-6-4-8-18(20)23/h3-14H,1-2H3,(H,25,27)(H,26,28). The molecule has 0 aliphatic heterocycles. The highest BCUT2D eigenvalue weighted by Gasteiger charge is 2.14. The number of nitrogens with one attached hydrogen (secondary N) is 2. The molecule has 1 aromatic heterocycles. The van der Waals surface area contributed by atoms with Gasteiger partial charge in [-0.3, -0.25) is 14.6 Å². The van der Waals surface area contributed by atoms with Crippen LogP contribution in [0.5, 0.6) is 0 Å². The van der Waals surface area contributed by atoms with Crippen LogP contribution in [0.25, 0.3) is 0 Å². The topological polar surface area (TPSA) is 71.1 Å². The second-order valence-corrected chi connectivity index (χ2v) is 7.00. The van der Waals surface area contributed by atoms with Gasteiger partial charge in [-0.05, 0) is 35.7 Å². The van der Waals surface area contributed by atoms with E-state index in [0.29, 0.717) is 16.3 Å². The molecular formula is C22H20ClN3O2. The van der Waals surface area contributed by atoms with Gasteiger partial charge in [-0.2, -0.15) is 0 Å². The summed E-state index contributed by atoms with van der Waals surface area (Å²) in [4.78, 5) is 29.2. The maximum absolute atomic E-state index is 12.7. The van der Waals surface area contributed by atoms with Gasteiger partial charge in [0.1, 0.15) is 0 Å². The number of aromatic nitrogens is 1. The van der Waals surface area contributed by atoms with Gasteiger partial charge in [-0.25, -0.2) is 0 Å². The minimum absolute atomic E-state index is 0.266. The van der Waals surface area contributed by atoms with Crippen molar-refractivity contribution < 1.29 is 9.59 Å². The molecule has 0 aliphatic carbocycles. The molecule has 0 spiro atoms. The molecule has 0 radical (unpaired) electrons. The Labute approximate surface area is 168 Å². The van der Waals surface area contributed by atoms with E-state index in [1.807, 2.05) is 24.3 Å². The molecule has 3 rings (SSSR count). The Kier molecular flexibility index (Phi) is 6.06. The van der Waals surface area contributed by atoms with Crippen molar-refractivity contribution in [2.45, 2.75) is 19.8 Å². The second kappa shape index (κ2) is 8.67. The fraction of sp³-hybridized carbons (Fsp3) is 0.136. The number of nitrogens with zero attached hydrogens (tertiary/aromatic N) is 1. The summed E-state index contributed by atoms with van der Waals surface area (Å²) in [7, 11) is 0. The summed E-state index contributed by atoms with van der Waals surface area (Å²) >= 11 is 6.07. The third-order valence-corrected chi connectivity index (χ3v) is 4.55. The summed E-state index contributed by atoms with van der Waals surface area (Å²) < 4.78 is 0. The third-order valence-electron chi connectivity index (χ3n) is 4.22. The van der Waals surface area contributed by atoms with Gasteiger partial charge in [0.15, 0.2) is 0 Å². The lowest BCUT2D eigenvalue weighted by molar-refractivity contribution is 0.102. The first-order valence-corrected chi connectivity index (χ1v) is 9.24. The van der Waals surface area contributed by atoms with Crippen molar-refractivity contribution in [1.29, 1.82) is 0 Å². The summed E-state index contributed by atoms with van der Waals surface area (Å²) in [5, 5.41) is 6.06. The van der Waals surface area contributed by atoms with Crippen molar-refractivity contribution in [3.8, 4) is 0 Å². The SMILES string of the molecule is CC(C)c1ccccc1NC(=O)c1cncc(C(=O)Nc2ccccc2Cl)c1. The molecule has 0 atom stereocenters. The van der Waals surface area contributed by atoms with Gasteiger partial charge in [0.25, 0.3) is 11.8 Å². The number of pyridine rings is 1. The van der Waals surface area contributed by atoms with Crippen molar-refractivity contribution in [2.75, 3.05) is 10.6 Å². The van der Waals surface area contributed by atoms with Gasteiger partial charge in [0.05, 0.1) is 21.8 Å². The lowest BCUT2D eigenvalue weighted by Crippen LogP contribution is -2.17. The predicted octanol–water partition coefficient (Wildman–Crippen LogP) is 5.36. The molecule has 28 heavy (non-hydrogen) atoms. The van der Waals surface area contributed by atoms with Crippen LogP contribution in [0.4, 0.5) is 11.4 Å². The predicted molar refractivity (Wildman–Crippen MR) is 112 cm³/mol. The average molecular weight is 394 g/mol. The zero-order chi connectivity index (χ0) is 20.1. The molecule has 0 fully saturated rings. The molecule has 0 saturated heterocycles. The highest BCUT2D eigenvalue weighted by atomic mass is 35.5. The van der Waals surface area contributed by atoms with Crippen LogP contribution in [-0.4, -0.2) is 16.8 Å². The molecule has 2 N–H and O–H groups in total. The molecule has 1 heterocycles. The lowest BCUT2D eigenvalue weighted by Gasteiger charge is -2.14. The largest absolute Gasteiger partial charge is 0.322 e. The molecular weight excluding hydrogens is 374 g/mol. The number of rotatable bonds is 5. The van der Waals surface area contributed by atoms with Crippen molar-refractivity contribution in [3.05, 3.63) is 88.7 Å².